The average Bonchev–Trinajstić information content (AvgIpc) is 2.89. The van der Waals surface area contributed by atoms with Gasteiger partial charge in [0.25, 0.3) is 0 Å². The van der Waals surface area contributed by atoms with E-state index in [1.165, 1.54) is 39.3 Å². The molecule has 1 aromatic carbocycles. The number of benzene rings is 1. The summed E-state index contributed by atoms with van der Waals surface area (Å²) < 4.78 is 15.3. The molecule has 0 aliphatic rings. The van der Waals surface area contributed by atoms with Crippen LogP contribution in [0.25, 0.3) is 0 Å². The van der Waals surface area contributed by atoms with Crippen LogP contribution in [0.5, 0.6) is 11.5 Å². The number of anilines is 2. The fourth-order valence-electron chi connectivity index (χ4n) is 1.95. The van der Waals surface area contributed by atoms with Gasteiger partial charge in [-0.15, -0.1) is 0 Å². The van der Waals surface area contributed by atoms with Crippen LogP contribution in [0.3, 0.4) is 0 Å². The van der Waals surface area contributed by atoms with Crippen LogP contribution in [0.4, 0.5) is 16.2 Å². The molecule has 0 bridgehead atoms. The second kappa shape index (κ2) is 7.14. The summed E-state index contributed by atoms with van der Waals surface area (Å²) in [5.74, 6) is -0.483. The number of aryl methyl sites for hydroxylation is 1. The number of furan rings is 1. The lowest BCUT2D eigenvalue weighted by molar-refractivity contribution is 0.0661. The van der Waals surface area contributed by atoms with Gasteiger partial charge in [0.2, 0.25) is 5.76 Å². The smallest absolute Gasteiger partial charge is 0.371 e. The number of carboxylic acid groups (broad SMARTS) is 1. The Bertz CT molecular complexity index is 787. The molecular formula is C15H15ClN2O6. The van der Waals surface area contributed by atoms with E-state index in [0.29, 0.717) is 22.2 Å². The van der Waals surface area contributed by atoms with E-state index in [1.807, 2.05) is 0 Å². The Balaban J connectivity index is 2.18. The highest BCUT2D eigenvalue weighted by Crippen LogP contribution is 2.36. The van der Waals surface area contributed by atoms with E-state index in [-0.39, 0.29) is 17.2 Å². The molecule has 1 heterocycles. The van der Waals surface area contributed by atoms with Crippen molar-refractivity contribution in [2.24, 2.45) is 0 Å². The van der Waals surface area contributed by atoms with E-state index < -0.39 is 12.0 Å². The van der Waals surface area contributed by atoms with Crippen LogP contribution in [0.2, 0.25) is 5.02 Å². The fraction of sp³-hybridized carbons (Fsp3) is 0.200. The minimum Gasteiger partial charge on any atom is -0.495 e. The van der Waals surface area contributed by atoms with Gasteiger partial charge in [0.15, 0.2) is 0 Å². The van der Waals surface area contributed by atoms with Gasteiger partial charge in [0, 0.05) is 12.1 Å². The number of methoxy groups -OCH3 is 2. The Morgan fingerprint density at radius 3 is 2.25 bits per heavy atom. The van der Waals surface area contributed by atoms with E-state index in [1.54, 1.807) is 0 Å². The number of rotatable bonds is 5. The van der Waals surface area contributed by atoms with Gasteiger partial charge < -0.3 is 29.6 Å². The van der Waals surface area contributed by atoms with Gasteiger partial charge in [-0.2, -0.15) is 0 Å². The largest absolute Gasteiger partial charge is 0.495 e. The number of carbonyl (C=O) groups excluding carboxylic acids is 1. The summed E-state index contributed by atoms with van der Waals surface area (Å²) in [5.41, 5.74) is 0.559. The number of amides is 2. The number of halogens is 1. The summed E-state index contributed by atoms with van der Waals surface area (Å²) >= 11 is 6.03. The molecule has 0 aliphatic carbocycles. The lowest BCUT2D eigenvalue weighted by Crippen LogP contribution is -2.20. The van der Waals surface area contributed by atoms with Crippen molar-refractivity contribution in [2.75, 3.05) is 24.9 Å². The SMILES string of the molecule is COc1cc(OC)c(NC(=O)Nc2cc(C(=O)O)oc2C)cc1Cl. The first-order valence-corrected chi connectivity index (χ1v) is 7.06. The number of urea groups is 1. The zero-order valence-corrected chi connectivity index (χ0v) is 13.9. The second-order valence-electron chi connectivity index (χ2n) is 4.65. The number of nitrogens with one attached hydrogen (secondary N) is 2. The third-order valence-corrected chi connectivity index (χ3v) is 3.39. The summed E-state index contributed by atoms with van der Waals surface area (Å²) in [6, 6.07) is 3.61. The van der Waals surface area contributed by atoms with Gasteiger partial charge in [0.05, 0.1) is 30.6 Å². The van der Waals surface area contributed by atoms with Crippen LogP contribution in [0, 0.1) is 6.92 Å². The van der Waals surface area contributed by atoms with E-state index in [0.717, 1.165) is 0 Å². The number of carboxylic acids is 1. The van der Waals surface area contributed by atoms with Crippen molar-refractivity contribution in [2.45, 2.75) is 6.92 Å². The molecule has 0 aliphatic heterocycles. The molecule has 1 aromatic heterocycles. The Hall–Kier alpha value is -2.87. The zero-order chi connectivity index (χ0) is 17.9. The van der Waals surface area contributed by atoms with Crippen molar-refractivity contribution in [3.63, 3.8) is 0 Å². The van der Waals surface area contributed by atoms with Gasteiger partial charge in [-0.3, -0.25) is 0 Å². The normalized spacial score (nSPS) is 10.2. The monoisotopic (exact) mass is 354 g/mol. The molecule has 2 aromatic rings. The molecule has 2 rings (SSSR count). The zero-order valence-electron chi connectivity index (χ0n) is 13.1. The Morgan fingerprint density at radius 1 is 1.08 bits per heavy atom. The number of carbonyl (C=O) groups is 2. The van der Waals surface area contributed by atoms with Crippen LogP contribution in [-0.2, 0) is 0 Å². The lowest BCUT2D eigenvalue weighted by atomic mass is 10.2. The number of ether oxygens (including phenoxy) is 2. The maximum Gasteiger partial charge on any atom is 0.371 e. The van der Waals surface area contributed by atoms with E-state index >= 15 is 0 Å². The van der Waals surface area contributed by atoms with Crippen molar-refractivity contribution in [3.8, 4) is 11.5 Å². The topological polar surface area (TPSA) is 110 Å². The average molecular weight is 355 g/mol. The highest BCUT2D eigenvalue weighted by Gasteiger charge is 2.17. The summed E-state index contributed by atoms with van der Waals surface area (Å²) in [6.07, 6.45) is 0. The molecule has 0 radical (unpaired) electrons. The number of hydrogen-bond acceptors (Lipinski definition) is 5. The van der Waals surface area contributed by atoms with Gasteiger partial charge in [-0.25, -0.2) is 9.59 Å². The van der Waals surface area contributed by atoms with Crippen LogP contribution in [0.15, 0.2) is 22.6 Å². The van der Waals surface area contributed by atoms with E-state index in [9.17, 15) is 9.59 Å². The minimum atomic E-state index is -1.23. The third kappa shape index (κ3) is 3.72. The maximum absolute atomic E-state index is 12.1. The summed E-state index contributed by atoms with van der Waals surface area (Å²) in [7, 11) is 2.90. The van der Waals surface area contributed by atoms with Gasteiger partial charge in [-0.1, -0.05) is 11.6 Å². The molecule has 0 spiro atoms. The molecule has 8 nitrogen and oxygen atoms in total. The van der Waals surface area contributed by atoms with E-state index in [4.69, 9.17) is 30.6 Å². The molecule has 0 atom stereocenters. The Morgan fingerprint density at radius 2 is 1.71 bits per heavy atom. The van der Waals surface area contributed by atoms with Gasteiger partial charge in [-0.05, 0) is 13.0 Å². The van der Waals surface area contributed by atoms with Gasteiger partial charge >= 0.3 is 12.0 Å². The molecule has 128 valence electrons. The highest BCUT2D eigenvalue weighted by atomic mass is 35.5. The van der Waals surface area contributed by atoms with E-state index in [2.05, 4.69) is 10.6 Å². The summed E-state index contributed by atoms with van der Waals surface area (Å²) in [6.45, 7) is 1.53. The maximum atomic E-state index is 12.1. The summed E-state index contributed by atoms with van der Waals surface area (Å²) in [4.78, 5) is 23.0. The number of hydrogen-bond donors (Lipinski definition) is 3. The van der Waals surface area contributed by atoms with Crippen LogP contribution in [0.1, 0.15) is 16.3 Å². The first-order chi connectivity index (χ1) is 11.3. The van der Waals surface area contributed by atoms with Crippen molar-refractivity contribution >= 4 is 35.0 Å². The minimum absolute atomic E-state index is 0.239. The fourth-order valence-corrected chi connectivity index (χ4v) is 2.19. The Kier molecular flexibility index (Phi) is 5.20. The van der Waals surface area contributed by atoms with Crippen LogP contribution < -0.4 is 20.1 Å². The predicted molar refractivity (Wildman–Crippen MR) is 87.6 cm³/mol. The molecule has 9 heteroatoms. The summed E-state index contributed by atoms with van der Waals surface area (Å²) in [5, 5.41) is 14.2. The van der Waals surface area contributed by atoms with Crippen molar-refractivity contribution in [1.29, 1.82) is 0 Å². The first kappa shape index (κ1) is 17.5. The second-order valence-corrected chi connectivity index (χ2v) is 5.06. The molecule has 0 saturated carbocycles. The van der Waals surface area contributed by atoms with Crippen molar-refractivity contribution in [1.82, 2.24) is 0 Å². The predicted octanol–water partition coefficient (Wildman–Crippen LogP) is 3.60. The Labute approximate surface area is 142 Å². The number of aromatic carboxylic acids is 1. The molecule has 2 amide bonds. The standard InChI is InChI=1S/C15H15ClN2O6/c1-7-9(5-13(24-7)14(19)20)17-15(21)18-10-4-8(16)11(22-2)6-12(10)23-3/h4-6H,1-3H3,(H,19,20)(H2,17,18,21). The lowest BCUT2D eigenvalue weighted by Gasteiger charge is -2.13. The highest BCUT2D eigenvalue weighted by molar-refractivity contribution is 6.32. The first-order valence-electron chi connectivity index (χ1n) is 6.69. The third-order valence-electron chi connectivity index (χ3n) is 3.10. The molecule has 24 heavy (non-hydrogen) atoms. The van der Waals surface area contributed by atoms with Gasteiger partial charge in [0.1, 0.15) is 17.3 Å². The molecule has 0 saturated heterocycles. The molecule has 3 N–H and O–H groups in total. The molecule has 0 unspecified atom stereocenters. The molecular weight excluding hydrogens is 340 g/mol. The molecule has 0 fully saturated rings. The quantitative estimate of drug-likeness (QED) is 0.756. The van der Waals surface area contributed by atoms with Crippen LogP contribution in [-0.4, -0.2) is 31.3 Å². The van der Waals surface area contributed by atoms with Crippen molar-refractivity contribution < 1.29 is 28.6 Å². The van der Waals surface area contributed by atoms with Crippen molar-refractivity contribution in [3.05, 3.63) is 34.7 Å². The van der Waals surface area contributed by atoms with Crippen LogP contribution >= 0.6 is 11.6 Å².